The summed E-state index contributed by atoms with van der Waals surface area (Å²) in [5.74, 6) is -3.11. The number of nitrogens with one attached hydrogen (secondary N) is 1. The highest BCUT2D eigenvalue weighted by Gasteiger charge is 2.66. The summed E-state index contributed by atoms with van der Waals surface area (Å²) >= 11 is 0. The predicted octanol–water partition coefficient (Wildman–Crippen LogP) is 3.03. The van der Waals surface area contributed by atoms with E-state index in [1.54, 1.807) is 21.0 Å². The molecule has 0 radical (unpaired) electrons. The summed E-state index contributed by atoms with van der Waals surface area (Å²) in [7, 11) is 3.85. The maximum Gasteiger partial charge on any atom is 0.490 e. The van der Waals surface area contributed by atoms with E-state index < -0.39 is 42.1 Å². The van der Waals surface area contributed by atoms with Crippen LogP contribution < -0.4 is 14.8 Å². The molecule has 11 nitrogen and oxygen atoms in total. The summed E-state index contributed by atoms with van der Waals surface area (Å²) in [5.41, 5.74) is 2.33. The number of hydrogen-bond donors (Lipinski definition) is 3. The van der Waals surface area contributed by atoms with Crippen molar-refractivity contribution in [3.05, 3.63) is 23.3 Å². The van der Waals surface area contributed by atoms with E-state index in [4.69, 9.17) is 24.1 Å². The van der Waals surface area contributed by atoms with Crippen LogP contribution in [0.25, 0.3) is 0 Å². The Balaban J connectivity index is 0.000000594. The molecular formula is C29H39F3N2O9S. The number of benzene rings is 1. The predicted molar refractivity (Wildman–Crippen MR) is 154 cm³/mol. The van der Waals surface area contributed by atoms with Crippen molar-refractivity contribution in [2.75, 3.05) is 20.7 Å². The van der Waals surface area contributed by atoms with Crippen LogP contribution in [-0.4, -0.2) is 90.1 Å². The van der Waals surface area contributed by atoms with Crippen molar-refractivity contribution in [3.8, 4) is 11.5 Å². The molecule has 2 aliphatic carbocycles. The van der Waals surface area contributed by atoms with E-state index in [0.717, 1.165) is 31.6 Å². The molecule has 1 aromatic carbocycles. The van der Waals surface area contributed by atoms with Gasteiger partial charge < -0.3 is 34.6 Å². The fourth-order valence-electron chi connectivity index (χ4n) is 7.16. The lowest BCUT2D eigenvalue weighted by atomic mass is 9.51. The zero-order valence-electron chi connectivity index (χ0n) is 24.9. The van der Waals surface area contributed by atoms with E-state index >= 15 is 0 Å². The minimum absolute atomic E-state index is 0. The van der Waals surface area contributed by atoms with Gasteiger partial charge in [-0.1, -0.05) is 19.9 Å². The van der Waals surface area contributed by atoms with E-state index in [2.05, 4.69) is 23.3 Å². The second-order valence-corrected chi connectivity index (χ2v) is 11.9. The Morgan fingerprint density at radius 2 is 1.82 bits per heavy atom. The Morgan fingerprint density at radius 3 is 2.39 bits per heavy atom. The number of alkyl halides is 3. The first kappa shape index (κ1) is 35.3. The number of likely N-dealkylation sites (tertiary alicyclic amines) is 1. The molecule has 0 aromatic heterocycles. The largest absolute Gasteiger partial charge is 0.493 e. The number of rotatable bonds is 8. The smallest absolute Gasteiger partial charge is 0.490 e. The number of ether oxygens (including phenoxy) is 3. The molecule has 3 N–H and O–H groups in total. The third kappa shape index (κ3) is 6.58. The van der Waals surface area contributed by atoms with Gasteiger partial charge in [0.25, 0.3) is 0 Å². The van der Waals surface area contributed by atoms with Gasteiger partial charge in [-0.2, -0.15) is 26.7 Å². The van der Waals surface area contributed by atoms with Gasteiger partial charge in [-0.3, -0.25) is 9.59 Å². The van der Waals surface area contributed by atoms with Gasteiger partial charge in [0.2, 0.25) is 5.91 Å². The SMILES string of the molecule is COc1ccc2c3c1O[C@H]1[C@@H](OC(=O)CCC(=O)N[C@H](C(=O)O)C(C)C)CCC4[C@@H](C2)N(C)CC[C@@]341.O=C(O)C(F)(F)F.S. The quantitative estimate of drug-likeness (QED) is 0.359. The van der Waals surface area contributed by atoms with Crippen LogP contribution in [0.2, 0.25) is 0 Å². The highest BCUT2D eigenvalue weighted by atomic mass is 32.1. The van der Waals surface area contributed by atoms with Crippen LogP contribution in [0.15, 0.2) is 12.1 Å². The normalized spacial score (nSPS) is 26.9. The van der Waals surface area contributed by atoms with E-state index in [0.29, 0.717) is 24.1 Å². The van der Waals surface area contributed by atoms with Crippen LogP contribution in [0, 0.1) is 11.8 Å². The zero-order valence-corrected chi connectivity index (χ0v) is 25.9. The first-order valence-electron chi connectivity index (χ1n) is 14.2. The van der Waals surface area contributed by atoms with Gasteiger partial charge in [0.05, 0.1) is 13.5 Å². The number of amides is 1. The fourth-order valence-corrected chi connectivity index (χ4v) is 7.16. The molecule has 1 saturated heterocycles. The third-order valence-electron chi connectivity index (χ3n) is 9.08. The van der Waals surface area contributed by atoms with Gasteiger partial charge in [0, 0.05) is 23.4 Å². The summed E-state index contributed by atoms with van der Waals surface area (Å²) in [4.78, 5) is 47.8. The second-order valence-electron chi connectivity index (χ2n) is 11.9. The van der Waals surface area contributed by atoms with Crippen LogP contribution in [0.5, 0.6) is 11.5 Å². The molecule has 4 aliphatic rings. The van der Waals surface area contributed by atoms with Gasteiger partial charge >= 0.3 is 24.1 Å². The van der Waals surface area contributed by atoms with Gasteiger partial charge in [0.1, 0.15) is 18.2 Å². The van der Waals surface area contributed by atoms with Crippen molar-refractivity contribution >= 4 is 37.3 Å². The van der Waals surface area contributed by atoms with Crippen LogP contribution in [0.4, 0.5) is 13.2 Å². The zero-order chi connectivity index (χ0) is 31.9. The first-order valence-corrected chi connectivity index (χ1v) is 14.2. The van der Waals surface area contributed by atoms with Crippen molar-refractivity contribution in [1.82, 2.24) is 10.2 Å². The summed E-state index contributed by atoms with van der Waals surface area (Å²) in [6.45, 7) is 4.41. The number of carbonyl (C=O) groups excluding carboxylic acids is 2. The number of piperidine rings is 1. The topological polar surface area (TPSA) is 152 Å². The van der Waals surface area contributed by atoms with Crippen molar-refractivity contribution in [2.24, 2.45) is 11.8 Å². The number of aliphatic carboxylic acids is 2. The Bertz CT molecular complexity index is 1280. The average molecular weight is 649 g/mol. The Kier molecular flexibility index (Phi) is 10.8. The first-order chi connectivity index (χ1) is 20.1. The van der Waals surface area contributed by atoms with Gasteiger partial charge in [-0.05, 0) is 62.7 Å². The average Bonchev–Trinajstić information content (AvgIpc) is 3.28. The number of likely N-dealkylation sites (N-methyl/N-ethyl adjacent to an activating group) is 1. The molecule has 1 amide bonds. The molecule has 15 heteroatoms. The summed E-state index contributed by atoms with van der Waals surface area (Å²) in [6.07, 6.45) is -2.44. The highest BCUT2D eigenvalue weighted by Crippen LogP contribution is 2.64. The Labute approximate surface area is 259 Å². The van der Waals surface area contributed by atoms with Crippen molar-refractivity contribution < 1.29 is 56.8 Å². The molecule has 246 valence electrons. The van der Waals surface area contributed by atoms with E-state index in [-0.39, 0.29) is 43.8 Å². The Morgan fingerprint density at radius 1 is 1.16 bits per heavy atom. The van der Waals surface area contributed by atoms with Crippen LogP contribution >= 0.6 is 13.5 Å². The lowest BCUT2D eigenvalue weighted by Crippen LogP contribution is -2.66. The number of carbonyl (C=O) groups is 4. The van der Waals surface area contributed by atoms with E-state index in [1.807, 2.05) is 6.07 Å². The molecule has 5 rings (SSSR count). The van der Waals surface area contributed by atoms with Gasteiger partial charge in [0.15, 0.2) is 11.5 Å². The minimum atomic E-state index is -5.08. The molecule has 1 aromatic rings. The molecule has 2 heterocycles. The van der Waals surface area contributed by atoms with Crippen molar-refractivity contribution in [3.63, 3.8) is 0 Å². The number of esters is 1. The Hall–Kier alpha value is -3.20. The van der Waals surface area contributed by atoms with E-state index in [1.165, 1.54) is 11.1 Å². The molecule has 6 atom stereocenters. The number of carboxylic acid groups (broad SMARTS) is 2. The van der Waals surface area contributed by atoms with Crippen molar-refractivity contribution in [1.29, 1.82) is 0 Å². The lowest BCUT2D eigenvalue weighted by molar-refractivity contribution is -0.192. The molecule has 1 unspecified atom stereocenters. The fraction of sp³-hybridized carbons (Fsp3) is 0.655. The summed E-state index contributed by atoms with van der Waals surface area (Å²) in [5, 5.41) is 18.9. The lowest BCUT2D eigenvalue weighted by Gasteiger charge is -2.58. The molecule has 2 bridgehead atoms. The number of methoxy groups -OCH3 is 1. The number of nitrogens with zero attached hydrogens (tertiary/aromatic N) is 1. The van der Waals surface area contributed by atoms with Gasteiger partial charge in [-0.15, -0.1) is 0 Å². The number of carboxylic acids is 2. The summed E-state index contributed by atoms with van der Waals surface area (Å²) < 4.78 is 50.0. The maximum atomic E-state index is 12.8. The molecule has 1 spiro atoms. The number of halogens is 3. The molecule has 2 fully saturated rings. The third-order valence-corrected chi connectivity index (χ3v) is 9.08. The van der Waals surface area contributed by atoms with Crippen LogP contribution in [0.3, 0.4) is 0 Å². The highest BCUT2D eigenvalue weighted by molar-refractivity contribution is 7.59. The number of hydrogen-bond acceptors (Lipinski definition) is 8. The van der Waals surface area contributed by atoms with Crippen LogP contribution in [-0.2, 0) is 35.8 Å². The van der Waals surface area contributed by atoms with Crippen molar-refractivity contribution in [2.45, 2.75) is 88.3 Å². The maximum absolute atomic E-state index is 12.8. The van der Waals surface area contributed by atoms with E-state index in [9.17, 15) is 32.7 Å². The standard InChI is InChI=1S/C27H36N2O7.C2HF3O2.H2S/c1-14(2)23(26(32)33)28-20(30)9-10-21(31)35-19-8-6-16-17-13-15-5-7-18(34-4)24-22(15)27(16,25(19)36-24)11-12-29(17)3;3-2(4,5)1(6)7;/h5,7,14,16-17,19,23,25H,6,8-13H2,1-4H3,(H,28,30)(H,32,33);(H,6,7);1H2/t16?,17-,19+,23+,25+,27+;;/m1../s1. The molecule has 44 heavy (non-hydrogen) atoms. The summed E-state index contributed by atoms with van der Waals surface area (Å²) in [6, 6.07) is 3.57. The van der Waals surface area contributed by atoms with Gasteiger partial charge in [-0.25, -0.2) is 9.59 Å². The molecule has 1 saturated carbocycles. The van der Waals surface area contributed by atoms with Crippen LogP contribution in [0.1, 0.15) is 57.1 Å². The monoisotopic (exact) mass is 648 g/mol. The molecular weight excluding hydrogens is 609 g/mol. The minimum Gasteiger partial charge on any atom is -0.493 e. The molecule has 2 aliphatic heterocycles. The second kappa shape index (κ2) is 13.4.